The van der Waals surface area contributed by atoms with E-state index in [1.54, 1.807) is 0 Å². The van der Waals surface area contributed by atoms with Crippen LogP contribution in [0.25, 0.3) is 11.1 Å². The zero-order valence-corrected chi connectivity index (χ0v) is 32.1. The number of amides is 1. The number of fused-ring (bicyclic) bond motifs is 3. The van der Waals surface area contributed by atoms with Crippen LogP contribution in [0.3, 0.4) is 0 Å². The summed E-state index contributed by atoms with van der Waals surface area (Å²) >= 11 is 0. The molecule has 1 saturated heterocycles. The fourth-order valence-electron chi connectivity index (χ4n) is 7.37. The minimum Gasteiger partial charge on any atom is -0.454 e. The zero-order valence-electron chi connectivity index (χ0n) is 32.1. The Morgan fingerprint density at radius 1 is 0.596 bits per heavy atom. The number of carbonyl (C=O) groups excluding carboxylic acids is 2. The van der Waals surface area contributed by atoms with Gasteiger partial charge in [-0.2, -0.15) is 0 Å². The summed E-state index contributed by atoms with van der Waals surface area (Å²) in [7, 11) is 0. The van der Waals surface area contributed by atoms with Crippen molar-refractivity contribution in [2.75, 3.05) is 26.4 Å². The molecule has 1 aliphatic carbocycles. The van der Waals surface area contributed by atoms with E-state index in [-0.39, 0.29) is 39.0 Å². The van der Waals surface area contributed by atoms with Gasteiger partial charge in [0.05, 0.1) is 33.0 Å². The molecule has 0 spiro atoms. The number of rotatable bonds is 18. The molecule has 2 aliphatic rings. The van der Waals surface area contributed by atoms with E-state index in [1.165, 1.54) is 18.1 Å². The number of nitrogens with one attached hydrogen (secondary N) is 1. The van der Waals surface area contributed by atoms with Gasteiger partial charge in [-0.25, -0.2) is 4.79 Å². The molecule has 0 radical (unpaired) electrons. The summed E-state index contributed by atoms with van der Waals surface area (Å²) in [6.07, 6.45) is -4.15. The molecule has 5 aromatic carbocycles. The van der Waals surface area contributed by atoms with Gasteiger partial charge in [0, 0.05) is 19.4 Å². The summed E-state index contributed by atoms with van der Waals surface area (Å²) in [5.41, 5.74) is 7.57. The van der Waals surface area contributed by atoms with Gasteiger partial charge in [-0.15, -0.1) is 0 Å². The number of hydrogen-bond donors (Lipinski definition) is 1. The molecule has 1 fully saturated rings. The van der Waals surface area contributed by atoms with Crippen LogP contribution in [0.4, 0.5) is 4.79 Å². The van der Waals surface area contributed by atoms with Gasteiger partial charge in [0.25, 0.3) is 0 Å². The zero-order chi connectivity index (χ0) is 39.2. The van der Waals surface area contributed by atoms with Crippen LogP contribution in [0.1, 0.15) is 47.1 Å². The quantitative estimate of drug-likeness (QED) is 0.0701. The molecule has 5 atom stereocenters. The van der Waals surface area contributed by atoms with Gasteiger partial charge in [0.2, 0.25) is 0 Å². The molecule has 296 valence electrons. The first kappa shape index (κ1) is 39.9. The lowest BCUT2D eigenvalue weighted by atomic mass is 9.98. The second-order valence-electron chi connectivity index (χ2n) is 14.1. The van der Waals surface area contributed by atoms with Gasteiger partial charge in [-0.3, -0.25) is 4.79 Å². The molecule has 0 unspecified atom stereocenters. The van der Waals surface area contributed by atoms with Gasteiger partial charge in [-0.05, 0) is 45.4 Å². The molecule has 57 heavy (non-hydrogen) atoms. The molecule has 10 nitrogen and oxygen atoms in total. The average molecular weight is 772 g/mol. The number of esters is 1. The molecule has 0 saturated carbocycles. The van der Waals surface area contributed by atoms with Crippen LogP contribution in [0.2, 0.25) is 0 Å². The van der Waals surface area contributed by atoms with Gasteiger partial charge in [0.15, 0.2) is 12.4 Å². The highest BCUT2D eigenvalue weighted by atomic mass is 16.7. The number of hydrogen-bond acceptors (Lipinski definition) is 9. The number of carbonyl (C=O) groups is 2. The largest absolute Gasteiger partial charge is 0.454 e. The normalized spacial score (nSPS) is 20.0. The number of benzene rings is 5. The lowest BCUT2D eigenvalue weighted by Crippen LogP contribution is -2.62. The van der Waals surface area contributed by atoms with Crippen LogP contribution in [0.5, 0.6) is 0 Å². The van der Waals surface area contributed by atoms with E-state index in [9.17, 15) is 9.59 Å². The molecule has 5 aromatic rings. The van der Waals surface area contributed by atoms with Crippen molar-refractivity contribution in [3.63, 3.8) is 0 Å². The topological polar surface area (TPSA) is 111 Å². The van der Waals surface area contributed by atoms with Crippen molar-refractivity contribution in [2.45, 2.75) is 69.8 Å². The molecule has 1 heterocycles. The SMILES string of the molecule is CC(=O)O[C@@H]1[C@@H](OCCCNC(=O)OCC2c3ccccc3-c3ccccc32)O[C@H](COCc2ccccc2)[C@@H](OCc2ccccc2)[C@@H]1OCc1ccccc1. The predicted molar refractivity (Wildman–Crippen MR) is 214 cm³/mol. The molecular formula is C47H49NO9. The molecule has 1 aliphatic heterocycles. The third-order valence-electron chi connectivity index (χ3n) is 10.1. The maximum atomic E-state index is 12.8. The Bertz CT molecular complexity index is 1970. The van der Waals surface area contributed by atoms with E-state index < -0.39 is 42.8 Å². The van der Waals surface area contributed by atoms with E-state index in [2.05, 4.69) is 29.6 Å². The minimum atomic E-state index is -1.01. The third-order valence-corrected chi connectivity index (χ3v) is 10.1. The van der Waals surface area contributed by atoms with E-state index in [0.29, 0.717) is 19.6 Å². The molecule has 10 heteroatoms. The molecular weight excluding hydrogens is 723 g/mol. The fraction of sp³-hybridized carbons (Fsp3) is 0.319. The van der Waals surface area contributed by atoms with E-state index in [1.807, 2.05) is 115 Å². The van der Waals surface area contributed by atoms with Crippen LogP contribution in [-0.2, 0) is 57.8 Å². The Hall–Kier alpha value is -5.36. The monoisotopic (exact) mass is 771 g/mol. The van der Waals surface area contributed by atoms with Crippen LogP contribution in [0.15, 0.2) is 140 Å². The van der Waals surface area contributed by atoms with E-state index in [4.69, 9.17) is 33.2 Å². The predicted octanol–water partition coefficient (Wildman–Crippen LogP) is 7.98. The molecule has 0 aromatic heterocycles. The second-order valence-corrected chi connectivity index (χ2v) is 14.1. The Kier molecular flexibility index (Phi) is 14.1. The van der Waals surface area contributed by atoms with Crippen molar-refractivity contribution in [2.24, 2.45) is 0 Å². The maximum Gasteiger partial charge on any atom is 0.407 e. The van der Waals surface area contributed by atoms with Gasteiger partial charge < -0.3 is 38.5 Å². The number of alkyl carbamates (subject to hydrolysis) is 1. The Balaban J connectivity index is 1.00. The maximum absolute atomic E-state index is 12.8. The highest BCUT2D eigenvalue weighted by Crippen LogP contribution is 2.44. The number of ether oxygens (including phenoxy) is 7. The molecule has 1 N–H and O–H groups in total. The van der Waals surface area contributed by atoms with Crippen molar-refractivity contribution < 1.29 is 42.7 Å². The average Bonchev–Trinajstić information content (AvgIpc) is 3.56. The van der Waals surface area contributed by atoms with E-state index in [0.717, 1.165) is 27.8 Å². The van der Waals surface area contributed by atoms with Gasteiger partial charge in [-0.1, -0.05) is 140 Å². The van der Waals surface area contributed by atoms with Crippen molar-refractivity contribution in [3.8, 4) is 11.1 Å². The molecule has 1 amide bonds. The Labute approximate surface area is 334 Å². The van der Waals surface area contributed by atoms with Gasteiger partial charge in [0.1, 0.15) is 24.9 Å². The first-order chi connectivity index (χ1) is 28.0. The Morgan fingerprint density at radius 3 is 1.70 bits per heavy atom. The van der Waals surface area contributed by atoms with Crippen molar-refractivity contribution in [1.82, 2.24) is 5.32 Å². The summed E-state index contributed by atoms with van der Waals surface area (Å²) in [6, 6.07) is 45.9. The second kappa shape index (κ2) is 20.2. The summed E-state index contributed by atoms with van der Waals surface area (Å²) in [5, 5.41) is 2.84. The standard InChI is InChI=1S/C47H49NO9/c1-33(49)56-45-44(54-30-36-20-9-4-10-21-36)43(53-29-35-18-7-3-8-19-35)42(32-51-28-34-16-5-2-6-17-34)57-46(45)52-27-15-26-48-47(50)55-31-41-39-24-13-11-22-37(39)38-23-12-14-25-40(38)41/h2-14,16-25,41-46H,15,26-32H2,1H3,(H,48,50)/t42-,43-,44+,45+,46+/m1/s1. The van der Waals surface area contributed by atoms with Crippen LogP contribution < -0.4 is 5.32 Å². The first-order valence-corrected chi connectivity index (χ1v) is 19.5. The summed E-state index contributed by atoms with van der Waals surface area (Å²) < 4.78 is 43.8. The Morgan fingerprint density at radius 2 is 1.12 bits per heavy atom. The smallest absolute Gasteiger partial charge is 0.407 e. The van der Waals surface area contributed by atoms with Crippen LogP contribution in [0, 0.1) is 0 Å². The third kappa shape index (κ3) is 10.7. The lowest BCUT2D eigenvalue weighted by molar-refractivity contribution is -0.320. The van der Waals surface area contributed by atoms with Crippen molar-refractivity contribution in [3.05, 3.63) is 167 Å². The minimum absolute atomic E-state index is 0.0321. The lowest BCUT2D eigenvalue weighted by Gasteiger charge is -2.45. The van der Waals surface area contributed by atoms with Crippen molar-refractivity contribution in [1.29, 1.82) is 0 Å². The fourth-order valence-corrected chi connectivity index (χ4v) is 7.37. The van der Waals surface area contributed by atoms with E-state index >= 15 is 0 Å². The van der Waals surface area contributed by atoms with Crippen molar-refractivity contribution >= 4 is 12.1 Å². The van der Waals surface area contributed by atoms with Gasteiger partial charge >= 0.3 is 12.1 Å². The summed E-state index contributed by atoms with van der Waals surface area (Å²) in [6.45, 7) is 3.09. The summed E-state index contributed by atoms with van der Waals surface area (Å²) in [4.78, 5) is 25.4. The molecule has 7 rings (SSSR count). The summed E-state index contributed by atoms with van der Waals surface area (Å²) in [5.74, 6) is -0.543. The molecule has 0 bridgehead atoms. The highest BCUT2D eigenvalue weighted by molar-refractivity contribution is 5.79. The van der Waals surface area contributed by atoms with Crippen LogP contribution >= 0.6 is 0 Å². The first-order valence-electron chi connectivity index (χ1n) is 19.5. The highest BCUT2D eigenvalue weighted by Gasteiger charge is 2.50. The van der Waals surface area contributed by atoms with Crippen LogP contribution in [-0.4, -0.2) is 69.1 Å².